The van der Waals surface area contributed by atoms with Crippen molar-refractivity contribution in [1.82, 2.24) is 5.32 Å². The molecule has 0 heterocycles. The lowest BCUT2D eigenvalue weighted by molar-refractivity contribution is 0.559. The largest absolute Gasteiger partial charge is 0.328 e. The summed E-state index contributed by atoms with van der Waals surface area (Å²) in [6.07, 6.45) is 2.48. The summed E-state index contributed by atoms with van der Waals surface area (Å²) in [7, 11) is 0. The maximum atomic E-state index is 13.2. The first-order valence-electron chi connectivity index (χ1n) is 6.00. The van der Waals surface area contributed by atoms with Gasteiger partial charge >= 0.3 is 0 Å². The molecular weight excluding hydrogens is 222 g/mol. The van der Waals surface area contributed by atoms with Crippen molar-refractivity contribution in [2.45, 2.75) is 32.2 Å². The van der Waals surface area contributed by atoms with Gasteiger partial charge in [-0.25, -0.2) is 8.78 Å². The minimum absolute atomic E-state index is 0.220. The van der Waals surface area contributed by atoms with E-state index in [2.05, 4.69) is 5.32 Å². The Balaban J connectivity index is 2.20. The van der Waals surface area contributed by atoms with Crippen molar-refractivity contribution in [2.24, 2.45) is 5.73 Å². The summed E-state index contributed by atoms with van der Waals surface area (Å²) in [6.45, 7) is 3.49. The molecule has 0 aliphatic carbocycles. The van der Waals surface area contributed by atoms with E-state index in [1.54, 1.807) is 0 Å². The van der Waals surface area contributed by atoms with E-state index < -0.39 is 5.82 Å². The van der Waals surface area contributed by atoms with Crippen LogP contribution in [-0.2, 0) is 6.42 Å². The van der Waals surface area contributed by atoms with Gasteiger partial charge in [0.15, 0.2) is 0 Å². The van der Waals surface area contributed by atoms with Crippen LogP contribution in [0.3, 0.4) is 0 Å². The molecule has 2 nitrogen and oxygen atoms in total. The molecular formula is C13H20F2N2. The van der Waals surface area contributed by atoms with E-state index in [0.717, 1.165) is 25.5 Å². The maximum absolute atomic E-state index is 13.2. The number of halogens is 2. The van der Waals surface area contributed by atoms with E-state index in [1.807, 2.05) is 6.92 Å². The molecule has 0 saturated heterocycles. The third kappa shape index (κ3) is 5.75. The average Bonchev–Trinajstić information content (AvgIpc) is 2.27. The van der Waals surface area contributed by atoms with E-state index in [9.17, 15) is 8.78 Å². The van der Waals surface area contributed by atoms with Gasteiger partial charge in [-0.15, -0.1) is 0 Å². The van der Waals surface area contributed by atoms with Crippen molar-refractivity contribution in [2.75, 3.05) is 13.1 Å². The quantitative estimate of drug-likeness (QED) is 0.719. The molecule has 4 heteroatoms. The van der Waals surface area contributed by atoms with Gasteiger partial charge in [-0.3, -0.25) is 0 Å². The number of nitrogens with two attached hydrogens (primary N) is 1. The van der Waals surface area contributed by atoms with Crippen LogP contribution in [0, 0.1) is 11.6 Å². The predicted molar refractivity (Wildman–Crippen MR) is 65.8 cm³/mol. The van der Waals surface area contributed by atoms with Gasteiger partial charge in [-0.2, -0.15) is 0 Å². The molecule has 1 aromatic carbocycles. The van der Waals surface area contributed by atoms with Crippen LogP contribution < -0.4 is 11.1 Å². The van der Waals surface area contributed by atoms with E-state index in [0.29, 0.717) is 18.5 Å². The number of rotatable bonds is 7. The van der Waals surface area contributed by atoms with Crippen molar-refractivity contribution in [1.29, 1.82) is 0 Å². The molecule has 0 fully saturated rings. The second kappa shape index (κ2) is 7.35. The summed E-state index contributed by atoms with van der Waals surface area (Å²) in [6, 6.07) is 3.77. The molecule has 17 heavy (non-hydrogen) atoms. The van der Waals surface area contributed by atoms with Gasteiger partial charge in [0.2, 0.25) is 0 Å². The fourth-order valence-corrected chi connectivity index (χ4v) is 1.63. The standard InChI is InChI=1S/C13H20F2N2/c1-10(16)3-2-7-17-8-6-11-9-12(14)4-5-13(11)15/h4-5,9-10,17H,2-3,6-8,16H2,1H3. The topological polar surface area (TPSA) is 38.0 Å². The molecule has 0 aliphatic heterocycles. The highest BCUT2D eigenvalue weighted by Gasteiger charge is 2.03. The van der Waals surface area contributed by atoms with Crippen LogP contribution in [0.5, 0.6) is 0 Å². The lowest BCUT2D eigenvalue weighted by Crippen LogP contribution is -2.22. The summed E-state index contributed by atoms with van der Waals surface area (Å²) in [5, 5.41) is 3.19. The van der Waals surface area contributed by atoms with Crippen LogP contribution in [-0.4, -0.2) is 19.1 Å². The molecule has 0 aliphatic rings. The summed E-state index contributed by atoms with van der Waals surface area (Å²) < 4.78 is 26.1. The Bertz CT molecular complexity index is 340. The molecule has 1 atom stereocenters. The Hall–Kier alpha value is -1.00. The third-order valence-electron chi connectivity index (χ3n) is 2.59. The number of hydrogen-bond acceptors (Lipinski definition) is 2. The zero-order valence-corrected chi connectivity index (χ0v) is 10.2. The van der Waals surface area contributed by atoms with Gasteiger partial charge in [-0.1, -0.05) is 0 Å². The molecule has 0 aromatic heterocycles. The van der Waals surface area contributed by atoms with Gasteiger partial charge in [0.1, 0.15) is 11.6 Å². The fourth-order valence-electron chi connectivity index (χ4n) is 1.63. The highest BCUT2D eigenvalue weighted by molar-refractivity contribution is 5.18. The van der Waals surface area contributed by atoms with Crippen LogP contribution in [0.4, 0.5) is 8.78 Å². The van der Waals surface area contributed by atoms with Gasteiger partial charge in [0, 0.05) is 6.04 Å². The Morgan fingerprint density at radius 1 is 1.29 bits per heavy atom. The normalized spacial score (nSPS) is 12.7. The molecule has 0 saturated carbocycles. The maximum Gasteiger partial charge on any atom is 0.126 e. The molecule has 0 bridgehead atoms. The Kier molecular flexibility index (Phi) is 6.08. The second-order valence-electron chi connectivity index (χ2n) is 4.36. The van der Waals surface area contributed by atoms with E-state index >= 15 is 0 Å². The summed E-state index contributed by atoms with van der Waals surface area (Å²) in [5.41, 5.74) is 6.04. The smallest absolute Gasteiger partial charge is 0.126 e. The lowest BCUT2D eigenvalue weighted by atomic mass is 10.1. The summed E-state index contributed by atoms with van der Waals surface area (Å²) in [4.78, 5) is 0. The van der Waals surface area contributed by atoms with Crippen molar-refractivity contribution in [3.8, 4) is 0 Å². The van der Waals surface area contributed by atoms with Crippen molar-refractivity contribution < 1.29 is 8.78 Å². The SMILES string of the molecule is CC(N)CCCNCCc1cc(F)ccc1F. The summed E-state index contributed by atoms with van der Waals surface area (Å²) in [5.74, 6) is -0.734. The fraction of sp³-hybridized carbons (Fsp3) is 0.538. The second-order valence-corrected chi connectivity index (χ2v) is 4.36. The van der Waals surface area contributed by atoms with Gasteiger partial charge in [-0.05, 0) is 63.0 Å². The number of hydrogen-bond donors (Lipinski definition) is 2. The highest BCUT2D eigenvalue weighted by atomic mass is 19.1. The highest BCUT2D eigenvalue weighted by Crippen LogP contribution is 2.09. The Morgan fingerprint density at radius 2 is 2.06 bits per heavy atom. The van der Waals surface area contributed by atoms with E-state index in [4.69, 9.17) is 5.73 Å². The van der Waals surface area contributed by atoms with Crippen LogP contribution in [0.15, 0.2) is 18.2 Å². The molecule has 0 spiro atoms. The third-order valence-corrected chi connectivity index (χ3v) is 2.59. The minimum atomic E-state index is -0.390. The first kappa shape index (κ1) is 14.1. The molecule has 1 rings (SSSR count). The van der Waals surface area contributed by atoms with Gasteiger partial charge in [0.05, 0.1) is 0 Å². The van der Waals surface area contributed by atoms with E-state index in [-0.39, 0.29) is 11.9 Å². The molecule has 1 aromatic rings. The van der Waals surface area contributed by atoms with Crippen molar-refractivity contribution in [3.63, 3.8) is 0 Å². The lowest BCUT2D eigenvalue weighted by Gasteiger charge is -2.07. The van der Waals surface area contributed by atoms with Gasteiger partial charge in [0.25, 0.3) is 0 Å². The molecule has 1 unspecified atom stereocenters. The predicted octanol–water partition coefficient (Wildman–Crippen LogP) is 2.22. The average molecular weight is 242 g/mol. The molecule has 0 amide bonds. The number of benzene rings is 1. The molecule has 96 valence electrons. The van der Waals surface area contributed by atoms with Crippen molar-refractivity contribution >= 4 is 0 Å². The van der Waals surface area contributed by atoms with Crippen LogP contribution in [0.25, 0.3) is 0 Å². The zero-order chi connectivity index (χ0) is 12.7. The number of nitrogens with one attached hydrogen (secondary N) is 1. The molecule has 3 N–H and O–H groups in total. The van der Waals surface area contributed by atoms with E-state index in [1.165, 1.54) is 12.1 Å². The minimum Gasteiger partial charge on any atom is -0.328 e. The van der Waals surface area contributed by atoms with Crippen LogP contribution in [0.1, 0.15) is 25.3 Å². The Labute approximate surface area is 101 Å². The monoisotopic (exact) mass is 242 g/mol. The molecule has 0 radical (unpaired) electrons. The van der Waals surface area contributed by atoms with Gasteiger partial charge < -0.3 is 11.1 Å². The first-order valence-corrected chi connectivity index (χ1v) is 6.00. The van der Waals surface area contributed by atoms with Crippen LogP contribution in [0.2, 0.25) is 0 Å². The summed E-state index contributed by atoms with van der Waals surface area (Å²) >= 11 is 0. The van der Waals surface area contributed by atoms with Crippen LogP contribution >= 0.6 is 0 Å². The van der Waals surface area contributed by atoms with Crippen molar-refractivity contribution in [3.05, 3.63) is 35.4 Å². The Morgan fingerprint density at radius 3 is 2.76 bits per heavy atom. The zero-order valence-electron chi connectivity index (χ0n) is 10.2. The first-order chi connectivity index (χ1) is 8.09.